The number of aromatic nitrogens is 2. The third-order valence-corrected chi connectivity index (χ3v) is 2.40. The van der Waals surface area contributed by atoms with E-state index in [1.165, 1.54) is 13.2 Å². The highest BCUT2D eigenvalue weighted by Gasteiger charge is 2.03. The van der Waals surface area contributed by atoms with E-state index in [1.807, 2.05) is 6.07 Å². The normalized spacial score (nSPS) is 12.8. The van der Waals surface area contributed by atoms with Crippen LogP contribution in [0.4, 0.5) is 0 Å². The van der Waals surface area contributed by atoms with Crippen LogP contribution < -0.4 is 5.32 Å². The first-order chi connectivity index (χ1) is 8.63. The largest absolute Gasteiger partial charge is 0.391 e. The van der Waals surface area contributed by atoms with Crippen LogP contribution in [0.25, 0.3) is 6.08 Å². The summed E-state index contributed by atoms with van der Waals surface area (Å²) in [6.45, 7) is 0.694. The molecule has 1 heterocycles. The Hall–Kier alpha value is -1.66. The van der Waals surface area contributed by atoms with Crippen LogP contribution in [-0.2, 0) is 16.6 Å². The fourth-order valence-electron chi connectivity index (χ4n) is 1.41. The van der Waals surface area contributed by atoms with Crippen LogP contribution in [-0.4, -0.2) is 47.2 Å². The summed E-state index contributed by atoms with van der Waals surface area (Å²) >= 11 is 0. The molecule has 1 amide bonds. The molecule has 0 saturated heterocycles. The van der Waals surface area contributed by atoms with E-state index in [0.717, 1.165) is 5.69 Å². The minimum Gasteiger partial charge on any atom is -0.391 e. The quantitative estimate of drug-likeness (QED) is 0.668. The second kappa shape index (κ2) is 7.62. The molecule has 0 aliphatic rings. The van der Waals surface area contributed by atoms with Crippen LogP contribution in [0.15, 0.2) is 18.3 Å². The number of methoxy groups -OCH3 is 1. The van der Waals surface area contributed by atoms with Crippen LogP contribution in [0.2, 0.25) is 0 Å². The van der Waals surface area contributed by atoms with Crippen molar-refractivity contribution in [1.29, 1.82) is 0 Å². The van der Waals surface area contributed by atoms with Gasteiger partial charge in [0.15, 0.2) is 0 Å². The molecule has 0 bridgehead atoms. The van der Waals surface area contributed by atoms with Crippen LogP contribution in [0.3, 0.4) is 0 Å². The van der Waals surface area contributed by atoms with Crippen LogP contribution in [0, 0.1) is 0 Å². The van der Waals surface area contributed by atoms with Gasteiger partial charge in [-0.05, 0) is 18.6 Å². The van der Waals surface area contributed by atoms with Gasteiger partial charge >= 0.3 is 0 Å². The molecule has 1 rings (SSSR count). The molecule has 1 atom stereocenters. The van der Waals surface area contributed by atoms with Crippen molar-refractivity contribution in [3.8, 4) is 0 Å². The van der Waals surface area contributed by atoms with Crippen molar-refractivity contribution in [3.63, 3.8) is 0 Å². The number of aliphatic hydroxyl groups is 1. The summed E-state index contributed by atoms with van der Waals surface area (Å²) in [6.07, 6.45) is 4.72. The monoisotopic (exact) mass is 253 g/mol. The number of carbonyl (C=O) groups excluding carboxylic acids is 1. The Morgan fingerprint density at radius 3 is 3.11 bits per heavy atom. The van der Waals surface area contributed by atoms with Crippen molar-refractivity contribution in [2.45, 2.75) is 12.5 Å². The lowest BCUT2D eigenvalue weighted by molar-refractivity contribution is -0.116. The predicted molar refractivity (Wildman–Crippen MR) is 67.8 cm³/mol. The molecular weight excluding hydrogens is 234 g/mol. The molecule has 0 spiro atoms. The molecule has 0 saturated carbocycles. The van der Waals surface area contributed by atoms with E-state index in [1.54, 1.807) is 24.0 Å². The van der Waals surface area contributed by atoms with Gasteiger partial charge < -0.3 is 15.2 Å². The van der Waals surface area contributed by atoms with Gasteiger partial charge in [0.25, 0.3) is 0 Å². The third kappa shape index (κ3) is 5.11. The van der Waals surface area contributed by atoms with Gasteiger partial charge in [-0.2, -0.15) is 5.10 Å². The zero-order chi connectivity index (χ0) is 13.4. The van der Waals surface area contributed by atoms with Crippen LogP contribution in [0.5, 0.6) is 0 Å². The van der Waals surface area contributed by atoms with Gasteiger partial charge in [-0.3, -0.25) is 9.48 Å². The van der Waals surface area contributed by atoms with Gasteiger partial charge in [0.1, 0.15) is 0 Å². The Kier molecular flexibility index (Phi) is 6.10. The molecule has 6 heteroatoms. The maximum absolute atomic E-state index is 11.4. The number of ether oxygens (including phenoxy) is 1. The topological polar surface area (TPSA) is 76.4 Å². The number of hydrogen-bond acceptors (Lipinski definition) is 4. The molecule has 1 unspecified atom stereocenters. The SMILES string of the molecule is COCC(O)CCNC(=O)/C=C/c1ccnn1C. The summed E-state index contributed by atoms with van der Waals surface area (Å²) in [5, 5.41) is 16.0. The van der Waals surface area contributed by atoms with Gasteiger partial charge in [-0.15, -0.1) is 0 Å². The molecule has 0 aromatic carbocycles. The first-order valence-corrected chi connectivity index (χ1v) is 5.74. The lowest BCUT2D eigenvalue weighted by Crippen LogP contribution is -2.27. The van der Waals surface area contributed by atoms with E-state index in [9.17, 15) is 9.90 Å². The van der Waals surface area contributed by atoms with Crippen molar-refractivity contribution < 1.29 is 14.6 Å². The van der Waals surface area contributed by atoms with Gasteiger partial charge in [0.2, 0.25) is 5.91 Å². The van der Waals surface area contributed by atoms with Gasteiger partial charge in [-0.25, -0.2) is 0 Å². The highest BCUT2D eigenvalue weighted by atomic mass is 16.5. The maximum Gasteiger partial charge on any atom is 0.244 e. The minimum atomic E-state index is -0.545. The molecular formula is C12H19N3O3. The van der Waals surface area contributed by atoms with E-state index in [-0.39, 0.29) is 12.5 Å². The Labute approximate surface area is 106 Å². The highest BCUT2D eigenvalue weighted by molar-refractivity contribution is 5.91. The average Bonchev–Trinajstić information content (AvgIpc) is 2.72. The summed E-state index contributed by atoms with van der Waals surface area (Å²) < 4.78 is 6.46. The van der Waals surface area contributed by atoms with Crippen molar-refractivity contribution in [2.75, 3.05) is 20.3 Å². The van der Waals surface area contributed by atoms with E-state index in [4.69, 9.17) is 4.74 Å². The number of aryl methyl sites for hydroxylation is 1. The second-order valence-corrected chi connectivity index (χ2v) is 3.90. The zero-order valence-electron chi connectivity index (χ0n) is 10.7. The van der Waals surface area contributed by atoms with Gasteiger partial charge in [0, 0.05) is 33.0 Å². The Bertz CT molecular complexity index is 401. The molecule has 0 aliphatic heterocycles. The molecule has 1 aromatic rings. The number of amides is 1. The third-order valence-electron chi connectivity index (χ3n) is 2.40. The van der Waals surface area contributed by atoms with E-state index in [0.29, 0.717) is 13.0 Å². The first-order valence-electron chi connectivity index (χ1n) is 5.74. The molecule has 0 aliphatic carbocycles. The molecule has 0 fully saturated rings. The number of rotatable bonds is 7. The summed E-state index contributed by atoms with van der Waals surface area (Å²) in [5.41, 5.74) is 0.851. The molecule has 0 radical (unpaired) electrons. The summed E-state index contributed by atoms with van der Waals surface area (Å²) in [7, 11) is 3.33. The number of hydrogen-bond donors (Lipinski definition) is 2. The smallest absolute Gasteiger partial charge is 0.244 e. The minimum absolute atomic E-state index is 0.194. The predicted octanol–water partition coefficient (Wildman–Crippen LogP) is -0.0531. The van der Waals surface area contributed by atoms with E-state index in [2.05, 4.69) is 10.4 Å². The number of aliphatic hydroxyl groups excluding tert-OH is 1. The number of carbonyl (C=O) groups is 1. The zero-order valence-corrected chi connectivity index (χ0v) is 10.7. The Morgan fingerprint density at radius 1 is 1.72 bits per heavy atom. The molecule has 100 valence electrons. The van der Waals surface area contributed by atoms with Crippen molar-refractivity contribution in [2.24, 2.45) is 7.05 Å². The fourth-order valence-corrected chi connectivity index (χ4v) is 1.41. The average molecular weight is 253 g/mol. The van der Waals surface area contributed by atoms with Gasteiger partial charge in [-0.1, -0.05) is 0 Å². The van der Waals surface area contributed by atoms with Crippen molar-refractivity contribution in [1.82, 2.24) is 15.1 Å². The molecule has 18 heavy (non-hydrogen) atoms. The Morgan fingerprint density at radius 2 is 2.50 bits per heavy atom. The lowest BCUT2D eigenvalue weighted by Gasteiger charge is -2.08. The summed E-state index contributed by atoms with van der Waals surface area (Å²) in [4.78, 5) is 11.4. The number of nitrogens with zero attached hydrogens (tertiary/aromatic N) is 2. The Balaban J connectivity index is 2.26. The van der Waals surface area contributed by atoms with Crippen LogP contribution >= 0.6 is 0 Å². The molecule has 1 aromatic heterocycles. The van der Waals surface area contributed by atoms with Crippen molar-refractivity contribution in [3.05, 3.63) is 24.0 Å². The standard InChI is InChI=1S/C12H19N3O3/c1-15-10(5-8-14-15)3-4-12(17)13-7-6-11(16)9-18-2/h3-5,8,11,16H,6-7,9H2,1-2H3,(H,13,17)/b4-3+. The summed E-state index contributed by atoms with van der Waals surface area (Å²) in [5.74, 6) is -0.194. The number of nitrogens with one attached hydrogen (secondary N) is 1. The maximum atomic E-state index is 11.4. The lowest BCUT2D eigenvalue weighted by atomic mass is 10.2. The molecule has 6 nitrogen and oxygen atoms in total. The molecule has 2 N–H and O–H groups in total. The summed E-state index contributed by atoms with van der Waals surface area (Å²) in [6, 6.07) is 1.81. The van der Waals surface area contributed by atoms with Crippen LogP contribution in [0.1, 0.15) is 12.1 Å². The fraction of sp³-hybridized carbons (Fsp3) is 0.500. The van der Waals surface area contributed by atoms with E-state index < -0.39 is 6.10 Å². The van der Waals surface area contributed by atoms with Gasteiger partial charge in [0.05, 0.1) is 18.4 Å². The van der Waals surface area contributed by atoms with Crippen molar-refractivity contribution >= 4 is 12.0 Å². The second-order valence-electron chi connectivity index (χ2n) is 3.90. The highest BCUT2D eigenvalue weighted by Crippen LogP contribution is 1.98. The first kappa shape index (κ1) is 14.4. The van der Waals surface area contributed by atoms with E-state index >= 15 is 0 Å².